The maximum atomic E-state index is 13.0. The highest BCUT2D eigenvalue weighted by Gasteiger charge is 2.36. The molecule has 0 aromatic rings. The van der Waals surface area contributed by atoms with Gasteiger partial charge < -0.3 is 9.79 Å². The molecule has 8 N–H and O–H groups in total. The van der Waals surface area contributed by atoms with Gasteiger partial charge in [-0.3, -0.25) is 27.7 Å². The molecule has 0 fully saturated rings. The first-order chi connectivity index (χ1) is 19.0. The van der Waals surface area contributed by atoms with Crippen LogP contribution in [-0.2, 0) is 41.4 Å². The van der Waals surface area contributed by atoms with Crippen molar-refractivity contribution in [2.75, 3.05) is 0 Å². The lowest BCUT2D eigenvalue weighted by atomic mass is 9.97. The summed E-state index contributed by atoms with van der Waals surface area (Å²) in [5.74, 6) is 0.0240. The molecule has 0 saturated carbocycles. The standard InChI is InChI=1S/C26H56N3O11P3/c1-23(2,37-41(27,32)33)17-9-13-21(30)15-11-19-25(5,6)39-43(29,36)40-26(7,8)20-12-16-22(31)14-10-18-24(3,4)38-42(28,34)35/h9-20H2,1-8H3,(H2,29,36)(H3,27,32,33)(H3,28,34,35). The molecule has 0 saturated heterocycles. The number of rotatable bonds is 24. The van der Waals surface area contributed by atoms with Gasteiger partial charge in [0.2, 0.25) is 0 Å². The Morgan fingerprint density at radius 2 is 0.721 bits per heavy atom. The molecule has 2 atom stereocenters. The summed E-state index contributed by atoms with van der Waals surface area (Å²) in [7, 11) is -12.2. The van der Waals surface area contributed by atoms with Crippen molar-refractivity contribution >= 4 is 34.8 Å². The monoisotopic (exact) mass is 679 g/mol. The molecule has 0 aliphatic carbocycles. The summed E-state index contributed by atoms with van der Waals surface area (Å²) in [4.78, 5) is 43.0. The SMILES string of the molecule is CC(C)(CCCC(=O)CCCC(C)(C)OP(N)(=O)OC(C)(C)CCCC(=O)CCCC(C)(C)OP(N)(=O)O)OP(N)(=O)O. The first-order valence-electron chi connectivity index (χ1n) is 14.5. The number of carbonyl (C=O) groups is 2. The van der Waals surface area contributed by atoms with Gasteiger partial charge in [-0.1, -0.05) is 0 Å². The van der Waals surface area contributed by atoms with Crippen LogP contribution < -0.4 is 16.5 Å². The van der Waals surface area contributed by atoms with Crippen molar-refractivity contribution in [2.24, 2.45) is 16.5 Å². The van der Waals surface area contributed by atoms with E-state index < -0.39 is 45.6 Å². The van der Waals surface area contributed by atoms with Crippen molar-refractivity contribution in [2.45, 2.75) is 155 Å². The van der Waals surface area contributed by atoms with Crippen LogP contribution in [0.5, 0.6) is 0 Å². The molecular formula is C26H56N3O11P3. The number of ketones is 2. The molecule has 0 aromatic carbocycles. The van der Waals surface area contributed by atoms with Crippen LogP contribution in [0.1, 0.15) is 132 Å². The van der Waals surface area contributed by atoms with Crippen LogP contribution in [0.15, 0.2) is 0 Å². The quantitative estimate of drug-likeness (QED) is 0.0717. The van der Waals surface area contributed by atoms with Gasteiger partial charge in [-0.05, 0) is 107 Å². The highest BCUT2D eigenvalue weighted by molar-refractivity contribution is 7.51. The minimum absolute atomic E-state index is 0.0120. The molecular weight excluding hydrogens is 623 g/mol. The van der Waals surface area contributed by atoms with Crippen molar-refractivity contribution < 1.29 is 51.2 Å². The van der Waals surface area contributed by atoms with Gasteiger partial charge in [0.15, 0.2) is 0 Å². The fourth-order valence-corrected chi connectivity index (χ4v) is 7.89. The zero-order valence-corrected chi connectivity index (χ0v) is 29.8. The Bertz CT molecular complexity index is 974. The van der Waals surface area contributed by atoms with E-state index in [0.717, 1.165) is 0 Å². The van der Waals surface area contributed by atoms with Crippen LogP contribution >= 0.6 is 23.2 Å². The molecule has 0 bridgehead atoms. The van der Waals surface area contributed by atoms with Crippen LogP contribution in [0.4, 0.5) is 0 Å². The third-order valence-corrected chi connectivity index (χ3v) is 9.45. The first-order valence-corrected chi connectivity index (χ1v) is 19.4. The van der Waals surface area contributed by atoms with Gasteiger partial charge in [0.05, 0.1) is 22.4 Å². The minimum Gasteiger partial charge on any atom is -0.313 e. The maximum Gasteiger partial charge on any atom is 0.403 e. The fraction of sp³-hybridized carbons (Fsp3) is 0.923. The van der Waals surface area contributed by atoms with E-state index in [2.05, 4.69) is 0 Å². The second-order valence-corrected chi connectivity index (χ2v) is 17.6. The Labute approximate surface area is 257 Å². The van der Waals surface area contributed by atoms with Crippen molar-refractivity contribution in [1.29, 1.82) is 0 Å². The smallest absolute Gasteiger partial charge is 0.313 e. The van der Waals surface area contributed by atoms with Crippen LogP contribution in [0.2, 0.25) is 0 Å². The molecule has 256 valence electrons. The molecule has 0 rings (SSSR count). The van der Waals surface area contributed by atoms with E-state index >= 15 is 0 Å². The van der Waals surface area contributed by atoms with Crippen LogP contribution in [-0.4, -0.2) is 43.8 Å². The number of carbonyl (C=O) groups excluding carboxylic acids is 2. The van der Waals surface area contributed by atoms with E-state index in [-0.39, 0.29) is 37.2 Å². The molecule has 0 aliphatic heterocycles. The molecule has 2 unspecified atom stereocenters. The summed E-state index contributed by atoms with van der Waals surface area (Å²) >= 11 is 0. The zero-order valence-electron chi connectivity index (χ0n) is 27.1. The zero-order chi connectivity index (χ0) is 34.0. The molecule has 0 aromatic heterocycles. The van der Waals surface area contributed by atoms with E-state index in [1.54, 1.807) is 55.4 Å². The Morgan fingerprint density at radius 3 is 0.930 bits per heavy atom. The van der Waals surface area contributed by atoms with Crippen LogP contribution in [0.3, 0.4) is 0 Å². The van der Waals surface area contributed by atoms with E-state index in [4.69, 9.17) is 34.6 Å². The highest BCUT2D eigenvalue weighted by atomic mass is 31.2. The van der Waals surface area contributed by atoms with Gasteiger partial charge in [0, 0.05) is 25.7 Å². The molecule has 14 nitrogen and oxygen atoms in total. The Kier molecular flexibility index (Phi) is 16.9. The second-order valence-electron chi connectivity index (χ2n) is 13.6. The van der Waals surface area contributed by atoms with Gasteiger partial charge in [0.25, 0.3) is 0 Å². The van der Waals surface area contributed by atoms with Crippen molar-refractivity contribution in [3.8, 4) is 0 Å². The summed E-state index contributed by atoms with van der Waals surface area (Å²) in [6.45, 7) is 13.4. The lowest BCUT2D eigenvalue weighted by Crippen LogP contribution is -2.30. The third-order valence-electron chi connectivity index (χ3n) is 6.44. The molecule has 0 radical (unpaired) electrons. The van der Waals surface area contributed by atoms with Gasteiger partial charge in [-0.15, -0.1) is 0 Å². The summed E-state index contributed by atoms with van der Waals surface area (Å²) in [5.41, 5.74) is 12.3. The minimum atomic E-state index is -4.12. The summed E-state index contributed by atoms with van der Waals surface area (Å²) < 4.78 is 56.7. The fourth-order valence-electron chi connectivity index (χ4n) is 4.69. The Hall–Kier alpha value is -0.330. The lowest BCUT2D eigenvalue weighted by molar-refractivity contribution is -0.120. The molecule has 0 aliphatic rings. The number of Topliss-reactive ketones (excluding diaryl/α,β-unsaturated/α-hetero) is 2. The van der Waals surface area contributed by atoms with Gasteiger partial charge in [-0.25, -0.2) is 30.2 Å². The van der Waals surface area contributed by atoms with Gasteiger partial charge in [-0.2, -0.15) is 0 Å². The van der Waals surface area contributed by atoms with Crippen molar-refractivity contribution in [3.05, 3.63) is 0 Å². The molecule has 0 heterocycles. The average Bonchev–Trinajstić information content (AvgIpc) is 2.67. The molecule has 0 spiro atoms. The van der Waals surface area contributed by atoms with Gasteiger partial charge in [0.1, 0.15) is 11.6 Å². The van der Waals surface area contributed by atoms with E-state index in [9.17, 15) is 33.1 Å². The van der Waals surface area contributed by atoms with E-state index in [1.807, 2.05) is 0 Å². The normalized spacial score (nSPS) is 17.6. The average molecular weight is 680 g/mol. The summed E-state index contributed by atoms with van der Waals surface area (Å²) in [6, 6.07) is 0. The topological polar surface area (TPSA) is 241 Å². The van der Waals surface area contributed by atoms with E-state index in [0.29, 0.717) is 51.4 Å². The first kappa shape index (κ1) is 42.7. The lowest BCUT2D eigenvalue weighted by Gasteiger charge is -2.33. The summed E-state index contributed by atoms with van der Waals surface area (Å²) in [5, 5.41) is 0. The highest BCUT2D eigenvalue weighted by Crippen LogP contribution is 2.49. The van der Waals surface area contributed by atoms with Crippen LogP contribution in [0, 0.1) is 0 Å². The van der Waals surface area contributed by atoms with Crippen LogP contribution in [0.25, 0.3) is 0 Å². The maximum absolute atomic E-state index is 13.0. The predicted octanol–water partition coefficient (Wildman–Crippen LogP) is 6.17. The number of hydrogen-bond donors (Lipinski definition) is 5. The Balaban J connectivity index is 4.50. The number of nitrogens with two attached hydrogens (primary N) is 3. The van der Waals surface area contributed by atoms with Crippen molar-refractivity contribution in [1.82, 2.24) is 0 Å². The molecule has 43 heavy (non-hydrogen) atoms. The Morgan fingerprint density at radius 1 is 0.512 bits per heavy atom. The van der Waals surface area contributed by atoms with Crippen molar-refractivity contribution in [3.63, 3.8) is 0 Å². The second kappa shape index (κ2) is 17.0. The third kappa shape index (κ3) is 24.6. The van der Waals surface area contributed by atoms with E-state index in [1.165, 1.54) is 0 Å². The summed E-state index contributed by atoms with van der Waals surface area (Å²) in [6.07, 6.45) is 4.54. The largest absolute Gasteiger partial charge is 0.403 e. The predicted molar refractivity (Wildman–Crippen MR) is 166 cm³/mol. The van der Waals surface area contributed by atoms with Gasteiger partial charge >= 0.3 is 23.2 Å². The number of hydrogen-bond acceptors (Lipinski definition) is 9. The molecule has 0 amide bonds. The molecule has 17 heteroatoms.